The number of aromatic nitrogens is 1. The highest BCUT2D eigenvalue weighted by Crippen LogP contribution is 2.37. The highest BCUT2D eigenvalue weighted by molar-refractivity contribution is 7.15. The van der Waals surface area contributed by atoms with E-state index in [-0.39, 0.29) is 32.6 Å². The van der Waals surface area contributed by atoms with Gasteiger partial charge in [0.15, 0.2) is 5.58 Å². The van der Waals surface area contributed by atoms with Crippen molar-refractivity contribution in [2.45, 2.75) is 0 Å². The van der Waals surface area contributed by atoms with Crippen molar-refractivity contribution in [3.8, 4) is 11.1 Å². The summed E-state index contributed by atoms with van der Waals surface area (Å²) in [5, 5.41) is 13.8. The number of nitrogens with one attached hydrogen (secondary N) is 1. The van der Waals surface area contributed by atoms with Crippen molar-refractivity contribution in [1.82, 2.24) is 4.98 Å². The Labute approximate surface area is 166 Å². The van der Waals surface area contributed by atoms with Gasteiger partial charge in [-0.1, -0.05) is 23.7 Å². The molecule has 0 fully saturated rings. The average molecular weight is 417 g/mol. The zero-order valence-corrected chi connectivity index (χ0v) is 15.5. The average Bonchev–Trinajstić information content (AvgIpc) is 3.26. The van der Waals surface area contributed by atoms with Crippen molar-refractivity contribution in [3.05, 3.63) is 70.1 Å². The molecule has 0 aliphatic carbocycles. The molecule has 9 heteroatoms. The van der Waals surface area contributed by atoms with E-state index >= 15 is 0 Å². The molecule has 2 N–H and O–H groups in total. The Hall–Kier alpha value is -3.23. The van der Waals surface area contributed by atoms with Crippen LogP contribution in [-0.4, -0.2) is 22.0 Å². The third-order valence-electron chi connectivity index (χ3n) is 3.94. The van der Waals surface area contributed by atoms with Crippen LogP contribution in [0.1, 0.15) is 21.0 Å². The summed E-state index contributed by atoms with van der Waals surface area (Å²) in [5.74, 6) is -2.88. The molecule has 0 unspecified atom stereocenters. The number of carboxylic acids is 1. The maximum absolute atomic E-state index is 14.2. The summed E-state index contributed by atoms with van der Waals surface area (Å²) in [6, 6.07) is 10.8. The van der Waals surface area contributed by atoms with Crippen LogP contribution in [0.25, 0.3) is 22.2 Å². The lowest BCUT2D eigenvalue weighted by molar-refractivity contribution is 0.0699. The van der Waals surface area contributed by atoms with E-state index in [0.717, 1.165) is 17.4 Å². The van der Waals surface area contributed by atoms with Crippen LogP contribution >= 0.6 is 22.9 Å². The number of nitrogens with zero attached hydrogens (tertiary/aromatic N) is 1. The normalized spacial score (nSPS) is 10.9. The van der Waals surface area contributed by atoms with Crippen molar-refractivity contribution in [2.75, 3.05) is 5.32 Å². The fourth-order valence-corrected chi connectivity index (χ4v) is 3.80. The van der Waals surface area contributed by atoms with Gasteiger partial charge in [0.1, 0.15) is 21.9 Å². The van der Waals surface area contributed by atoms with Gasteiger partial charge in [-0.25, -0.2) is 14.2 Å². The van der Waals surface area contributed by atoms with Crippen LogP contribution in [0.5, 0.6) is 0 Å². The summed E-state index contributed by atoms with van der Waals surface area (Å²) in [6.45, 7) is 0. The minimum absolute atomic E-state index is 0.0455. The maximum Gasteiger partial charge on any atom is 0.339 e. The number of amides is 1. The van der Waals surface area contributed by atoms with E-state index in [1.54, 1.807) is 24.3 Å². The first kappa shape index (κ1) is 18.1. The van der Waals surface area contributed by atoms with Crippen LogP contribution in [-0.2, 0) is 0 Å². The van der Waals surface area contributed by atoms with E-state index in [1.165, 1.54) is 17.5 Å². The Bertz CT molecular complexity index is 1200. The van der Waals surface area contributed by atoms with E-state index in [9.17, 15) is 19.1 Å². The molecular weight excluding hydrogens is 407 g/mol. The molecule has 0 atom stereocenters. The second-order valence-corrected chi connectivity index (χ2v) is 7.04. The van der Waals surface area contributed by atoms with Crippen LogP contribution < -0.4 is 5.32 Å². The number of anilines is 1. The molecule has 0 bridgehead atoms. The predicted octanol–water partition coefficient (Wildman–Crippen LogP) is 5.30. The molecule has 0 saturated heterocycles. The van der Waals surface area contributed by atoms with E-state index in [4.69, 9.17) is 16.0 Å². The molecule has 4 aromatic rings. The van der Waals surface area contributed by atoms with Gasteiger partial charge >= 0.3 is 11.9 Å². The largest absolute Gasteiger partial charge is 0.478 e. The molecular formula is C19H10ClFN2O4S. The number of carbonyl (C=O) groups is 2. The Morgan fingerprint density at radius 1 is 1.18 bits per heavy atom. The van der Waals surface area contributed by atoms with Gasteiger partial charge in [-0.3, -0.25) is 4.79 Å². The molecule has 28 heavy (non-hydrogen) atoms. The number of para-hydroxylation sites is 2. The first-order valence-corrected chi connectivity index (χ1v) is 9.17. The van der Waals surface area contributed by atoms with E-state index in [0.29, 0.717) is 11.1 Å². The maximum atomic E-state index is 14.2. The minimum atomic E-state index is -1.31. The second-order valence-electron chi connectivity index (χ2n) is 5.72. The Balaban J connectivity index is 1.71. The number of carbonyl (C=O) groups excluding carboxylic acids is 1. The Kier molecular flexibility index (Phi) is 4.58. The third kappa shape index (κ3) is 3.23. The molecule has 2 aromatic carbocycles. The van der Waals surface area contributed by atoms with Crippen LogP contribution in [0, 0.1) is 5.82 Å². The number of hydrogen-bond donors (Lipinski definition) is 2. The Morgan fingerprint density at radius 2 is 1.96 bits per heavy atom. The first-order chi connectivity index (χ1) is 13.4. The first-order valence-electron chi connectivity index (χ1n) is 7.91. The van der Waals surface area contributed by atoms with Crippen molar-refractivity contribution in [1.29, 1.82) is 0 Å². The molecule has 0 aliphatic rings. The summed E-state index contributed by atoms with van der Waals surface area (Å²) in [6.07, 6.45) is 0. The van der Waals surface area contributed by atoms with Gasteiger partial charge in [0.05, 0.1) is 0 Å². The molecule has 0 saturated carbocycles. The highest BCUT2D eigenvalue weighted by Gasteiger charge is 2.24. The third-order valence-corrected chi connectivity index (χ3v) is 5.07. The number of fused-ring (bicyclic) bond motifs is 1. The lowest BCUT2D eigenvalue weighted by atomic mass is 10.0. The lowest BCUT2D eigenvalue weighted by Crippen LogP contribution is -2.14. The predicted molar refractivity (Wildman–Crippen MR) is 104 cm³/mol. The van der Waals surface area contributed by atoms with Gasteiger partial charge in [0, 0.05) is 21.5 Å². The number of halogens is 2. The van der Waals surface area contributed by atoms with E-state index in [1.807, 2.05) is 0 Å². The molecule has 0 radical (unpaired) electrons. The van der Waals surface area contributed by atoms with Crippen LogP contribution in [0.3, 0.4) is 0 Å². The standard InChI is InChI=1S/C19H10ClFN2O4S/c20-9-5-6-10(12(21)7-9)11-8-28-18(15(11)19(25)26)23-16(24)17-22-13-3-1-2-4-14(13)27-17/h1-8H,(H,23,24)(H,25,26). The lowest BCUT2D eigenvalue weighted by Gasteiger charge is -2.06. The number of hydrogen-bond acceptors (Lipinski definition) is 5. The summed E-state index contributed by atoms with van der Waals surface area (Å²) in [5.41, 5.74) is 0.915. The molecule has 1 amide bonds. The van der Waals surface area contributed by atoms with Crippen LogP contribution in [0.2, 0.25) is 5.02 Å². The number of aromatic carboxylic acids is 1. The van der Waals surface area contributed by atoms with Crippen molar-refractivity contribution in [2.24, 2.45) is 0 Å². The molecule has 140 valence electrons. The number of thiophene rings is 1. The van der Waals surface area contributed by atoms with Gasteiger partial charge < -0.3 is 14.8 Å². The number of benzene rings is 2. The van der Waals surface area contributed by atoms with E-state index < -0.39 is 17.7 Å². The van der Waals surface area contributed by atoms with Crippen molar-refractivity contribution >= 4 is 50.9 Å². The minimum Gasteiger partial charge on any atom is -0.478 e. The summed E-state index contributed by atoms with van der Waals surface area (Å²) >= 11 is 6.71. The molecule has 6 nitrogen and oxygen atoms in total. The molecule has 0 spiro atoms. The topological polar surface area (TPSA) is 92.4 Å². The van der Waals surface area contributed by atoms with Gasteiger partial charge in [-0.2, -0.15) is 0 Å². The summed E-state index contributed by atoms with van der Waals surface area (Å²) in [7, 11) is 0. The highest BCUT2D eigenvalue weighted by atomic mass is 35.5. The zero-order chi connectivity index (χ0) is 19.8. The number of oxazole rings is 1. The molecule has 0 aliphatic heterocycles. The van der Waals surface area contributed by atoms with Gasteiger partial charge in [0.2, 0.25) is 0 Å². The van der Waals surface area contributed by atoms with E-state index in [2.05, 4.69) is 10.3 Å². The van der Waals surface area contributed by atoms with Gasteiger partial charge in [0.25, 0.3) is 5.89 Å². The molecule has 2 heterocycles. The summed E-state index contributed by atoms with van der Waals surface area (Å²) < 4.78 is 19.6. The molecule has 2 aromatic heterocycles. The van der Waals surface area contributed by atoms with Gasteiger partial charge in [-0.15, -0.1) is 11.3 Å². The fraction of sp³-hybridized carbons (Fsp3) is 0. The zero-order valence-electron chi connectivity index (χ0n) is 13.9. The van der Waals surface area contributed by atoms with Crippen LogP contribution in [0.4, 0.5) is 9.39 Å². The molecule has 4 rings (SSSR count). The van der Waals surface area contributed by atoms with Crippen molar-refractivity contribution in [3.63, 3.8) is 0 Å². The Morgan fingerprint density at radius 3 is 2.68 bits per heavy atom. The van der Waals surface area contributed by atoms with Crippen molar-refractivity contribution < 1.29 is 23.5 Å². The van der Waals surface area contributed by atoms with Crippen LogP contribution in [0.15, 0.2) is 52.3 Å². The SMILES string of the molecule is O=C(Nc1scc(-c2ccc(Cl)cc2F)c1C(=O)O)c1nc2ccccc2o1. The monoisotopic (exact) mass is 416 g/mol. The number of carboxylic acid groups (broad SMARTS) is 1. The second kappa shape index (κ2) is 7.06. The fourth-order valence-electron chi connectivity index (χ4n) is 2.69. The quantitative estimate of drug-likeness (QED) is 0.471. The summed E-state index contributed by atoms with van der Waals surface area (Å²) in [4.78, 5) is 28.3. The smallest absolute Gasteiger partial charge is 0.339 e. The van der Waals surface area contributed by atoms with Gasteiger partial charge in [-0.05, 0) is 30.3 Å². The number of rotatable bonds is 4.